The van der Waals surface area contributed by atoms with Crippen molar-refractivity contribution in [3.05, 3.63) is 42.5 Å². The molecule has 0 radical (unpaired) electrons. The van der Waals surface area contributed by atoms with Crippen molar-refractivity contribution >= 4 is 17.4 Å². The summed E-state index contributed by atoms with van der Waals surface area (Å²) in [6, 6.07) is 7.17. The lowest BCUT2D eigenvalue weighted by Gasteiger charge is -2.50. The maximum Gasteiger partial charge on any atom is 0.299 e. The molecule has 6 nitrogen and oxygen atoms in total. The summed E-state index contributed by atoms with van der Waals surface area (Å²) in [6.45, 7) is 6.24. The molecule has 3 aliphatic rings. The van der Waals surface area contributed by atoms with Crippen molar-refractivity contribution in [2.24, 2.45) is 11.8 Å². The van der Waals surface area contributed by atoms with E-state index in [9.17, 15) is 9.90 Å². The Morgan fingerprint density at radius 3 is 2.93 bits per heavy atom. The Kier molecular flexibility index (Phi) is 4.85. The molecule has 1 N–H and O–H groups in total. The Labute approximate surface area is 158 Å². The number of hydrogen-bond donors (Lipinski definition) is 1. The minimum atomic E-state index is -0.704. The van der Waals surface area contributed by atoms with Crippen molar-refractivity contribution in [3.63, 3.8) is 0 Å². The predicted molar refractivity (Wildman–Crippen MR) is 102 cm³/mol. The lowest BCUT2D eigenvalue weighted by atomic mass is 9.73. The number of carbonyl (C=O) groups is 1. The van der Waals surface area contributed by atoms with Gasteiger partial charge >= 0.3 is 0 Å². The fourth-order valence-corrected chi connectivity index (χ4v) is 4.60. The number of benzene rings is 1. The summed E-state index contributed by atoms with van der Waals surface area (Å²) >= 11 is 0. The summed E-state index contributed by atoms with van der Waals surface area (Å²) in [6.07, 6.45) is 3.41. The highest BCUT2D eigenvalue weighted by Crippen LogP contribution is 2.42. The summed E-state index contributed by atoms with van der Waals surface area (Å²) in [7, 11) is 1.61. The zero-order valence-electron chi connectivity index (χ0n) is 15.4. The van der Waals surface area contributed by atoms with Crippen LogP contribution in [0.25, 0.3) is 10.9 Å². The first-order chi connectivity index (χ1) is 13.1. The SMILES string of the molecule is C=C[C@H]1CN2CCC1C[C@H]2[C@H](O)c1cc(OC=O)nc2ccc(OC)cc12. The number of pyridine rings is 1. The molecule has 2 aromatic rings. The maximum absolute atomic E-state index is 11.3. The fraction of sp³-hybridized carbons (Fsp3) is 0.429. The van der Waals surface area contributed by atoms with E-state index in [0.717, 1.165) is 31.3 Å². The zero-order valence-corrected chi connectivity index (χ0v) is 15.4. The molecule has 3 saturated heterocycles. The summed E-state index contributed by atoms with van der Waals surface area (Å²) in [4.78, 5) is 17.5. The third-order valence-corrected chi connectivity index (χ3v) is 6.03. The van der Waals surface area contributed by atoms with Crippen LogP contribution in [0.3, 0.4) is 0 Å². The number of fused-ring (bicyclic) bond motifs is 4. The Morgan fingerprint density at radius 1 is 1.41 bits per heavy atom. The number of aromatic nitrogens is 1. The second kappa shape index (κ2) is 7.29. The van der Waals surface area contributed by atoms with Gasteiger partial charge in [0, 0.05) is 24.0 Å². The Morgan fingerprint density at radius 2 is 2.26 bits per heavy atom. The first-order valence-electron chi connectivity index (χ1n) is 9.28. The van der Waals surface area contributed by atoms with Gasteiger partial charge in [0.2, 0.25) is 5.88 Å². The standard InChI is InChI=1S/C21H24N2O4/c1-3-13-11-23-7-6-14(13)8-19(23)21(25)17-10-20(27-12-24)22-18-5-4-15(26-2)9-16(17)18/h3-5,9-10,12-14,19,21,25H,1,6-8,11H2,2H3/t13-,14?,19-,21+/m0/s1. The van der Waals surface area contributed by atoms with Crippen LogP contribution in [0.4, 0.5) is 0 Å². The van der Waals surface area contributed by atoms with E-state index < -0.39 is 6.10 Å². The van der Waals surface area contributed by atoms with Gasteiger partial charge in [-0.05, 0) is 55.0 Å². The summed E-state index contributed by atoms with van der Waals surface area (Å²) < 4.78 is 10.3. The molecule has 0 aliphatic carbocycles. The van der Waals surface area contributed by atoms with Gasteiger partial charge in [-0.2, -0.15) is 0 Å². The summed E-state index contributed by atoms with van der Waals surface area (Å²) in [5.41, 5.74) is 1.37. The van der Waals surface area contributed by atoms with Gasteiger partial charge < -0.3 is 14.6 Å². The Hall–Kier alpha value is -2.44. The van der Waals surface area contributed by atoms with Crippen LogP contribution < -0.4 is 9.47 Å². The minimum Gasteiger partial charge on any atom is -0.497 e. The number of piperidine rings is 3. The molecular formula is C21H24N2O4. The van der Waals surface area contributed by atoms with Crippen LogP contribution in [0, 0.1) is 11.8 Å². The van der Waals surface area contributed by atoms with Crippen LogP contribution >= 0.6 is 0 Å². The highest BCUT2D eigenvalue weighted by Gasteiger charge is 2.42. The lowest BCUT2D eigenvalue weighted by Crippen LogP contribution is -2.54. The van der Waals surface area contributed by atoms with E-state index in [-0.39, 0.29) is 11.9 Å². The Balaban J connectivity index is 1.75. The predicted octanol–water partition coefficient (Wildman–Crippen LogP) is 2.71. The van der Waals surface area contributed by atoms with Crippen molar-refractivity contribution in [2.45, 2.75) is 25.0 Å². The van der Waals surface area contributed by atoms with E-state index in [1.807, 2.05) is 18.2 Å². The largest absolute Gasteiger partial charge is 0.497 e. The highest BCUT2D eigenvalue weighted by molar-refractivity contribution is 5.85. The molecule has 0 spiro atoms. The molecule has 2 bridgehead atoms. The zero-order chi connectivity index (χ0) is 19.0. The van der Waals surface area contributed by atoms with Gasteiger partial charge in [-0.3, -0.25) is 9.69 Å². The number of rotatable bonds is 6. The molecule has 4 heterocycles. The number of aliphatic hydroxyl groups excluding tert-OH is 1. The van der Waals surface area contributed by atoms with Crippen molar-refractivity contribution in [3.8, 4) is 11.6 Å². The van der Waals surface area contributed by atoms with Crippen molar-refractivity contribution in [1.29, 1.82) is 0 Å². The normalized spacial score (nSPS) is 27.9. The van der Waals surface area contributed by atoms with Crippen LogP contribution in [-0.4, -0.2) is 47.7 Å². The van der Waals surface area contributed by atoms with Crippen LogP contribution in [0.15, 0.2) is 36.9 Å². The molecule has 0 saturated carbocycles. The molecule has 3 aliphatic heterocycles. The monoisotopic (exact) mass is 368 g/mol. The first kappa shape index (κ1) is 17.9. The van der Waals surface area contributed by atoms with Crippen molar-refractivity contribution in [2.75, 3.05) is 20.2 Å². The molecule has 0 amide bonds. The molecule has 1 aromatic carbocycles. The average Bonchev–Trinajstić information content (AvgIpc) is 2.72. The molecule has 5 rings (SSSR count). The molecular weight excluding hydrogens is 344 g/mol. The third-order valence-electron chi connectivity index (χ3n) is 6.03. The number of aliphatic hydroxyl groups is 1. The lowest BCUT2D eigenvalue weighted by molar-refractivity contribution is -0.120. The third kappa shape index (κ3) is 3.19. The summed E-state index contributed by atoms with van der Waals surface area (Å²) in [5, 5.41) is 12.1. The first-order valence-corrected chi connectivity index (χ1v) is 9.28. The van der Waals surface area contributed by atoms with Gasteiger partial charge in [0.25, 0.3) is 6.47 Å². The number of hydrogen-bond acceptors (Lipinski definition) is 6. The molecule has 1 aromatic heterocycles. The fourth-order valence-electron chi connectivity index (χ4n) is 4.60. The van der Waals surface area contributed by atoms with E-state index in [1.54, 1.807) is 19.2 Å². The number of nitrogens with zero attached hydrogens (tertiary/aromatic N) is 2. The van der Waals surface area contributed by atoms with Crippen molar-refractivity contribution < 1.29 is 19.4 Å². The molecule has 3 fully saturated rings. The number of carbonyl (C=O) groups excluding carboxylic acids is 1. The van der Waals surface area contributed by atoms with E-state index in [1.165, 1.54) is 0 Å². The maximum atomic E-state index is 11.3. The van der Waals surface area contributed by atoms with Crippen LogP contribution in [0.1, 0.15) is 24.5 Å². The molecule has 2 unspecified atom stereocenters. The van der Waals surface area contributed by atoms with E-state index >= 15 is 0 Å². The van der Waals surface area contributed by atoms with Crippen LogP contribution in [0.5, 0.6) is 11.6 Å². The van der Waals surface area contributed by atoms with E-state index in [4.69, 9.17) is 9.47 Å². The smallest absolute Gasteiger partial charge is 0.299 e. The summed E-state index contributed by atoms with van der Waals surface area (Å²) in [5.74, 6) is 1.93. The van der Waals surface area contributed by atoms with Gasteiger partial charge in [0.15, 0.2) is 0 Å². The molecule has 27 heavy (non-hydrogen) atoms. The number of ether oxygens (including phenoxy) is 2. The van der Waals surface area contributed by atoms with Gasteiger partial charge in [-0.15, -0.1) is 6.58 Å². The molecule has 6 heteroatoms. The topological polar surface area (TPSA) is 71.9 Å². The molecule has 142 valence electrons. The van der Waals surface area contributed by atoms with Gasteiger partial charge in [0.1, 0.15) is 5.75 Å². The van der Waals surface area contributed by atoms with E-state index in [0.29, 0.717) is 35.1 Å². The quantitative estimate of drug-likeness (QED) is 0.624. The number of methoxy groups -OCH3 is 1. The van der Waals surface area contributed by atoms with Gasteiger partial charge in [-0.1, -0.05) is 6.08 Å². The van der Waals surface area contributed by atoms with Crippen molar-refractivity contribution in [1.82, 2.24) is 9.88 Å². The second-order valence-electron chi connectivity index (χ2n) is 7.34. The van der Waals surface area contributed by atoms with Crippen LogP contribution in [0.2, 0.25) is 0 Å². The average molecular weight is 368 g/mol. The van der Waals surface area contributed by atoms with Crippen LogP contribution in [-0.2, 0) is 4.79 Å². The Bertz CT molecular complexity index is 869. The highest BCUT2D eigenvalue weighted by atomic mass is 16.5. The van der Waals surface area contributed by atoms with E-state index in [2.05, 4.69) is 16.5 Å². The molecule has 5 atom stereocenters. The van der Waals surface area contributed by atoms with Gasteiger partial charge in [0.05, 0.1) is 18.7 Å². The second-order valence-corrected chi connectivity index (χ2v) is 7.34. The van der Waals surface area contributed by atoms with Gasteiger partial charge in [-0.25, -0.2) is 4.98 Å². The minimum absolute atomic E-state index is 0.0285.